The normalized spacial score (nSPS) is 17.7. The number of esters is 1. The van der Waals surface area contributed by atoms with E-state index in [9.17, 15) is 9.59 Å². The molecule has 126 valence electrons. The molecule has 1 N–H and O–H groups in total. The zero-order valence-electron chi connectivity index (χ0n) is 13.9. The van der Waals surface area contributed by atoms with Crippen LogP contribution in [0.2, 0.25) is 0 Å². The highest BCUT2D eigenvalue weighted by Crippen LogP contribution is 2.19. The summed E-state index contributed by atoms with van der Waals surface area (Å²) in [5.74, 6) is -0.387. The van der Waals surface area contributed by atoms with Crippen LogP contribution < -0.4 is 5.32 Å². The minimum absolute atomic E-state index is 0.113. The summed E-state index contributed by atoms with van der Waals surface area (Å²) in [4.78, 5) is 25.7. The lowest BCUT2D eigenvalue weighted by atomic mass is 10.1. The molecule has 0 aliphatic carbocycles. The van der Waals surface area contributed by atoms with E-state index in [1.165, 1.54) is 7.11 Å². The largest absolute Gasteiger partial charge is 0.465 e. The fourth-order valence-electron chi connectivity index (χ4n) is 2.74. The maximum Gasteiger partial charge on any atom is 0.337 e. The van der Waals surface area contributed by atoms with Gasteiger partial charge >= 0.3 is 12.0 Å². The van der Waals surface area contributed by atoms with Crippen molar-refractivity contribution in [3.63, 3.8) is 0 Å². The van der Waals surface area contributed by atoms with E-state index >= 15 is 0 Å². The van der Waals surface area contributed by atoms with Crippen molar-refractivity contribution in [1.29, 1.82) is 0 Å². The van der Waals surface area contributed by atoms with Crippen molar-refractivity contribution >= 4 is 17.7 Å². The van der Waals surface area contributed by atoms with E-state index in [1.807, 2.05) is 13.8 Å². The third kappa shape index (κ3) is 4.45. The van der Waals surface area contributed by atoms with E-state index in [1.54, 1.807) is 23.1 Å². The Morgan fingerprint density at radius 3 is 2.83 bits per heavy atom. The fraction of sp³-hybridized carbons (Fsp3) is 0.529. The number of amides is 2. The number of hydrogen-bond donors (Lipinski definition) is 1. The summed E-state index contributed by atoms with van der Waals surface area (Å²) in [6, 6.07) is 4.95. The van der Waals surface area contributed by atoms with Crippen molar-refractivity contribution in [2.45, 2.75) is 32.8 Å². The second-order valence-corrected chi connectivity index (χ2v) is 5.62. The Morgan fingerprint density at radius 2 is 2.17 bits per heavy atom. The van der Waals surface area contributed by atoms with Crippen molar-refractivity contribution in [2.75, 3.05) is 32.1 Å². The third-order valence-electron chi connectivity index (χ3n) is 3.96. The van der Waals surface area contributed by atoms with Crippen LogP contribution in [-0.4, -0.2) is 49.8 Å². The summed E-state index contributed by atoms with van der Waals surface area (Å²) in [7, 11) is 1.35. The van der Waals surface area contributed by atoms with E-state index in [0.29, 0.717) is 24.4 Å². The average molecular weight is 320 g/mol. The maximum atomic E-state index is 12.4. The molecule has 2 rings (SSSR count). The number of aryl methyl sites for hydroxylation is 1. The molecule has 2 amide bonds. The first-order chi connectivity index (χ1) is 11.0. The number of ether oxygens (including phenoxy) is 2. The van der Waals surface area contributed by atoms with Gasteiger partial charge < -0.3 is 19.7 Å². The van der Waals surface area contributed by atoms with Crippen LogP contribution in [0.3, 0.4) is 0 Å². The number of hydrogen-bond acceptors (Lipinski definition) is 4. The average Bonchev–Trinajstić information content (AvgIpc) is 2.56. The summed E-state index contributed by atoms with van der Waals surface area (Å²) in [5.41, 5.74) is 1.98. The molecular formula is C17H24N2O4. The molecule has 6 nitrogen and oxygen atoms in total. The molecule has 6 heteroatoms. The highest BCUT2D eigenvalue weighted by molar-refractivity contribution is 5.93. The Labute approximate surface area is 136 Å². The molecule has 1 atom stereocenters. The molecule has 1 aliphatic rings. The lowest BCUT2D eigenvalue weighted by Gasteiger charge is -2.32. The van der Waals surface area contributed by atoms with Crippen LogP contribution in [0.1, 0.15) is 35.7 Å². The van der Waals surface area contributed by atoms with Gasteiger partial charge in [0.2, 0.25) is 0 Å². The van der Waals surface area contributed by atoms with Crippen LogP contribution in [0.15, 0.2) is 18.2 Å². The number of nitrogens with one attached hydrogen (secondary N) is 1. The number of carbonyl (C=O) groups excluding carboxylic acids is 2. The third-order valence-corrected chi connectivity index (χ3v) is 3.96. The standard InChI is InChI=1S/C17H24N2O4/c1-4-23-14-6-5-9-19(11-14)17(21)18-15-8-7-13(10-12(15)2)16(20)22-3/h7-8,10,14H,4-6,9,11H2,1-3H3,(H,18,21)/t14-/m0/s1. The van der Waals surface area contributed by atoms with Crippen LogP contribution in [-0.2, 0) is 9.47 Å². The number of methoxy groups -OCH3 is 1. The highest BCUT2D eigenvalue weighted by Gasteiger charge is 2.24. The predicted octanol–water partition coefficient (Wildman–Crippen LogP) is 2.81. The molecule has 1 fully saturated rings. The highest BCUT2D eigenvalue weighted by atomic mass is 16.5. The molecule has 0 saturated carbocycles. The lowest BCUT2D eigenvalue weighted by molar-refractivity contribution is 0.0181. The first-order valence-electron chi connectivity index (χ1n) is 7.91. The van der Waals surface area contributed by atoms with Crippen molar-refractivity contribution in [3.8, 4) is 0 Å². The summed E-state index contributed by atoms with van der Waals surface area (Å²) in [5, 5.41) is 2.91. The Bertz CT molecular complexity index is 572. The Kier molecular flexibility index (Phi) is 5.98. The summed E-state index contributed by atoms with van der Waals surface area (Å²) in [6.07, 6.45) is 2.05. The van der Waals surface area contributed by atoms with Crippen molar-refractivity contribution in [1.82, 2.24) is 4.90 Å². The summed E-state index contributed by atoms with van der Waals surface area (Å²) < 4.78 is 10.3. The molecule has 1 aromatic rings. The Morgan fingerprint density at radius 1 is 1.39 bits per heavy atom. The smallest absolute Gasteiger partial charge is 0.337 e. The van der Waals surface area contributed by atoms with Gasteiger partial charge in [-0.05, 0) is 50.5 Å². The molecule has 0 spiro atoms. The van der Waals surface area contributed by atoms with Gasteiger partial charge in [0.15, 0.2) is 0 Å². The Hall–Kier alpha value is -2.08. The monoisotopic (exact) mass is 320 g/mol. The van der Waals surface area contributed by atoms with Gasteiger partial charge in [-0.25, -0.2) is 9.59 Å². The minimum Gasteiger partial charge on any atom is -0.465 e. The molecule has 0 aromatic heterocycles. The second kappa shape index (κ2) is 7.97. The summed E-state index contributed by atoms with van der Waals surface area (Å²) in [6.45, 7) is 5.81. The van der Waals surface area contributed by atoms with Gasteiger partial charge in [0.05, 0.1) is 18.8 Å². The maximum absolute atomic E-state index is 12.4. The van der Waals surface area contributed by atoms with Crippen LogP contribution in [0.4, 0.5) is 10.5 Å². The molecule has 1 aromatic carbocycles. The molecule has 0 radical (unpaired) electrons. The van der Waals surface area contributed by atoms with E-state index in [-0.39, 0.29) is 18.1 Å². The second-order valence-electron chi connectivity index (χ2n) is 5.62. The quantitative estimate of drug-likeness (QED) is 0.866. The SMILES string of the molecule is CCO[C@H]1CCCN(C(=O)Nc2ccc(C(=O)OC)cc2C)C1. The molecule has 1 aliphatic heterocycles. The number of rotatable bonds is 4. The Balaban J connectivity index is 2.01. The fourth-order valence-corrected chi connectivity index (χ4v) is 2.74. The minimum atomic E-state index is -0.387. The van der Waals surface area contributed by atoms with Gasteiger partial charge in [0, 0.05) is 25.4 Å². The molecular weight excluding hydrogens is 296 g/mol. The van der Waals surface area contributed by atoms with E-state index in [4.69, 9.17) is 9.47 Å². The van der Waals surface area contributed by atoms with Gasteiger partial charge in [-0.1, -0.05) is 0 Å². The first kappa shape index (κ1) is 17.3. The molecule has 0 bridgehead atoms. The van der Waals surface area contributed by atoms with Crippen molar-refractivity contribution < 1.29 is 19.1 Å². The van der Waals surface area contributed by atoms with Gasteiger partial charge in [0.25, 0.3) is 0 Å². The van der Waals surface area contributed by atoms with Gasteiger partial charge in [0.1, 0.15) is 0 Å². The molecule has 1 heterocycles. The van der Waals surface area contributed by atoms with Gasteiger partial charge in [-0.15, -0.1) is 0 Å². The van der Waals surface area contributed by atoms with Crippen molar-refractivity contribution in [2.24, 2.45) is 0 Å². The van der Waals surface area contributed by atoms with Crippen LogP contribution in [0.5, 0.6) is 0 Å². The van der Waals surface area contributed by atoms with Crippen molar-refractivity contribution in [3.05, 3.63) is 29.3 Å². The number of carbonyl (C=O) groups is 2. The number of anilines is 1. The molecule has 0 unspecified atom stereocenters. The van der Waals surface area contributed by atoms with E-state index < -0.39 is 0 Å². The summed E-state index contributed by atoms with van der Waals surface area (Å²) >= 11 is 0. The van der Waals surface area contributed by atoms with Gasteiger partial charge in [-0.3, -0.25) is 0 Å². The van der Waals surface area contributed by atoms with E-state index in [0.717, 1.165) is 24.9 Å². The van der Waals surface area contributed by atoms with Crippen LogP contribution in [0.25, 0.3) is 0 Å². The number of benzene rings is 1. The zero-order valence-corrected chi connectivity index (χ0v) is 13.9. The number of piperidine rings is 1. The number of likely N-dealkylation sites (tertiary alicyclic amines) is 1. The predicted molar refractivity (Wildman–Crippen MR) is 87.8 cm³/mol. The van der Waals surface area contributed by atoms with Crippen LogP contribution in [0, 0.1) is 6.92 Å². The topological polar surface area (TPSA) is 67.9 Å². The molecule has 1 saturated heterocycles. The first-order valence-corrected chi connectivity index (χ1v) is 7.91. The van der Waals surface area contributed by atoms with Gasteiger partial charge in [-0.2, -0.15) is 0 Å². The molecule has 23 heavy (non-hydrogen) atoms. The zero-order chi connectivity index (χ0) is 16.8. The lowest BCUT2D eigenvalue weighted by Crippen LogP contribution is -2.45. The number of urea groups is 1. The van der Waals surface area contributed by atoms with Crippen LogP contribution >= 0.6 is 0 Å². The van der Waals surface area contributed by atoms with E-state index in [2.05, 4.69) is 5.32 Å². The number of nitrogens with zero attached hydrogens (tertiary/aromatic N) is 1.